The van der Waals surface area contributed by atoms with Crippen LogP contribution in [0.2, 0.25) is 0 Å². The summed E-state index contributed by atoms with van der Waals surface area (Å²) in [4.78, 5) is 25.8. The van der Waals surface area contributed by atoms with Gasteiger partial charge in [-0.15, -0.1) is 0 Å². The van der Waals surface area contributed by atoms with Crippen molar-refractivity contribution in [3.05, 3.63) is 106 Å². The molecule has 0 atom stereocenters. The van der Waals surface area contributed by atoms with Gasteiger partial charge in [0, 0.05) is 11.1 Å². The molecule has 1 heterocycles. The summed E-state index contributed by atoms with van der Waals surface area (Å²) in [7, 11) is 0. The van der Waals surface area contributed by atoms with Crippen LogP contribution in [0, 0.1) is 0 Å². The molecule has 5 nitrogen and oxygen atoms in total. The number of carbonyl (C=O) groups excluding carboxylic acids is 1. The molecule has 0 spiro atoms. The molecule has 0 fully saturated rings. The smallest absolute Gasteiger partial charge is 0.321 e. The number of hydrogen-bond acceptors (Lipinski definition) is 3. The van der Waals surface area contributed by atoms with Gasteiger partial charge in [0.1, 0.15) is 0 Å². The van der Waals surface area contributed by atoms with Crippen LogP contribution in [-0.2, 0) is 12.7 Å². The summed E-state index contributed by atoms with van der Waals surface area (Å²) in [6, 6.07) is 19.9. The molecule has 1 amide bonds. The molecule has 0 aliphatic heterocycles. The summed E-state index contributed by atoms with van der Waals surface area (Å²) in [5.74, 6) is -0.627. The fourth-order valence-corrected chi connectivity index (χ4v) is 3.20. The minimum atomic E-state index is -4.47. The second-order valence-corrected chi connectivity index (χ2v) is 6.87. The van der Waals surface area contributed by atoms with Crippen molar-refractivity contribution in [3.63, 3.8) is 0 Å². The molecule has 156 valence electrons. The molecule has 0 bridgehead atoms. The SMILES string of the molecule is O=C(Nc1ccc(C(F)(F)F)cc1)c1nn(Cc2ccccc2)c(=O)c2ccccc12. The second kappa shape index (κ2) is 8.06. The average molecular weight is 423 g/mol. The summed E-state index contributed by atoms with van der Waals surface area (Å²) < 4.78 is 39.5. The topological polar surface area (TPSA) is 64.0 Å². The Labute approximate surface area is 174 Å². The zero-order valence-electron chi connectivity index (χ0n) is 16.1. The van der Waals surface area contributed by atoms with Gasteiger partial charge in [0.2, 0.25) is 0 Å². The van der Waals surface area contributed by atoms with Crippen LogP contribution in [-0.4, -0.2) is 15.7 Å². The van der Waals surface area contributed by atoms with Gasteiger partial charge in [-0.3, -0.25) is 9.59 Å². The number of halogens is 3. The number of aromatic nitrogens is 2. The van der Waals surface area contributed by atoms with Crippen LogP contribution >= 0.6 is 0 Å². The highest BCUT2D eigenvalue weighted by Crippen LogP contribution is 2.30. The predicted molar refractivity (Wildman–Crippen MR) is 111 cm³/mol. The summed E-state index contributed by atoms with van der Waals surface area (Å²) in [6.45, 7) is 0.172. The number of benzene rings is 3. The van der Waals surface area contributed by atoms with Crippen LogP contribution < -0.4 is 10.9 Å². The largest absolute Gasteiger partial charge is 0.416 e. The highest BCUT2D eigenvalue weighted by Gasteiger charge is 2.30. The van der Waals surface area contributed by atoms with Crippen LogP contribution in [0.1, 0.15) is 21.6 Å². The number of nitrogens with zero attached hydrogens (tertiary/aromatic N) is 2. The number of nitrogens with one attached hydrogen (secondary N) is 1. The molecule has 8 heteroatoms. The molecule has 4 rings (SSSR count). The van der Waals surface area contributed by atoms with Crippen molar-refractivity contribution in [1.29, 1.82) is 0 Å². The molecule has 0 aliphatic carbocycles. The van der Waals surface area contributed by atoms with Gasteiger partial charge < -0.3 is 5.32 Å². The predicted octanol–water partition coefficient (Wildman–Crippen LogP) is 4.72. The lowest BCUT2D eigenvalue weighted by atomic mass is 10.1. The first kappa shape index (κ1) is 20.3. The molecule has 0 saturated heterocycles. The van der Waals surface area contributed by atoms with E-state index in [4.69, 9.17) is 0 Å². The van der Waals surface area contributed by atoms with E-state index in [0.29, 0.717) is 10.8 Å². The van der Waals surface area contributed by atoms with Gasteiger partial charge in [-0.2, -0.15) is 18.3 Å². The highest BCUT2D eigenvalue weighted by atomic mass is 19.4. The summed E-state index contributed by atoms with van der Waals surface area (Å²) in [5.41, 5.74) is -0.131. The van der Waals surface area contributed by atoms with E-state index in [0.717, 1.165) is 17.7 Å². The molecule has 0 aliphatic rings. The maximum absolute atomic E-state index is 12.9. The molecule has 0 saturated carbocycles. The van der Waals surface area contributed by atoms with Crippen molar-refractivity contribution in [2.45, 2.75) is 12.7 Å². The van der Waals surface area contributed by atoms with Gasteiger partial charge in [-0.25, -0.2) is 4.68 Å². The Hall–Kier alpha value is -3.94. The van der Waals surface area contributed by atoms with Crippen LogP contribution in [0.4, 0.5) is 18.9 Å². The van der Waals surface area contributed by atoms with Crippen molar-refractivity contribution in [1.82, 2.24) is 9.78 Å². The Morgan fingerprint density at radius 3 is 2.13 bits per heavy atom. The van der Waals surface area contributed by atoms with Crippen molar-refractivity contribution in [3.8, 4) is 0 Å². The lowest BCUT2D eigenvalue weighted by Crippen LogP contribution is -2.28. The third-order valence-electron chi connectivity index (χ3n) is 4.73. The first-order valence-electron chi connectivity index (χ1n) is 9.35. The molecular formula is C23H16F3N3O2. The summed E-state index contributed by atoms with van der Waals surface area (Å²) >= 11 is 0. The van der Waals surface area contributed by atoms with Crippen LogP contribution in [0.25, 0.3) is 10.8 Å². The Balaban J connectivity index is 1.71. The van der Waals surface area contributed by atoms with Gasteiger partial charge >= 0.3 is 6.18 Å². The van der Waals surface area contributed by atoms with E-state index < -0.39 is 17.6 Å². The molecular weight excluding hydrogens is 407 g/mol. The van der Waals surface area contributed by atoms with Crippen molar-refractivity contribution < 1.29 is 18.0 Å². The first-order chi connectivity index (χ1) is 14.8. The maximum atomic E-state index is 12.9. The fourth-order valence-electron chi connectivity index (χ4n) is 3.20. The maximum Gasteiger partial charge on any atom is 0.416 e. The summed E-state index contributed by atoms with van der Waals surface area (Å²) in [5, 5.41) is 7.50. The van der Waals surface area contributed by atoms with Crippen molar-refractivity contribution in [2.24, 2.45) is 0 Å². The molecule has 1 N–H and O–H groups in total. The number of anilines is 1. The normalized spacial score (nSPS) is 11.5. The molecule has 1 aromatic heterocycles. The number of amides is 1. The first-order valence-corrected chi connectivity index (χ1v) is 9.35. The Morgan fingerprint density at radius 2 is 1.48 bits per heavy atom. The molecule has 31 heavy (non-hydrogen) atoms. The van der Waals surface area contributed by atoms with E-state index in [2.05, 4.69) is 10.4 Å². The molecule has 4 aromatic rings. The van der Waals surface area contributed by atoms with Crippen LogP contribution in [0.15, 0.2) is 83.7 Å². The minimum absolute atomic E-state index is 0.00558. The van der Waals surface area contributed by atoms with Gasteiger partial charge in [0.15, 0.2) is 5.69 Å². The number of alkyl halides is 3. The van der Waals surface area contributed by atoms with Crippen molar-refractivity contribution in [2.75, 3.05) is 5.32 Å². The van der Waals surface area contributed by atoms with E-state index in [1.807, 2.05) is 30.3 Å². The molecule has 3 aromatic carbocycles. The van der Waals surface area contributed by atoms with Gasteiger partial charge in [-0.1, -0.05) is 48.5 Å². The number of carbonyl (C=O) groups is 1. The third kappa shape index (κ3) is 4.32. The highest BCUT2D eigenvalue weighted by molar-refractivity contribution is 6.11. The van der Waals surface area contributed by atoms with Gasteiger partial charge in [0.05, 0.1) is 17.5 Å². The average Bonchev–Trinajstić information content (AvgIpc) is 2.76. The van der Waals surface area contributed by atoms with E-state index in [1.54, 1.807) is 24.3 Å². The minimum Gasteiger partial charge on any atom is -0.321 e. The lowest BCUT2D eigenvalue weighted by molar-refractivity contribution is -0.137. The number of rotatable bonds is 4. The van der Waals surface area contributed by atoms with E-state index in [-0.39, 0.29) is 23.5 Å². The van der Waals surface area contributed by atoms with Crippen molar-refractivity contribution >= 4 is 22.4 Å². The van der Waals surface area contributed by atoms with Gasteiger partial charge in [-0.05, 0) is 35.9 Å². The zero-order valence-corrected chi connectivity index (χ0v) is 16.1. The standard InChI is InChI=1S/C23H16F3N3O2/c24-23(25,26)16-10-12-17(13-11-16)27-21(30)20-18-8-4-5-9-19(18)22(31)29(28-20)14-15-6-2-1-3-7-15/h1-13H,14H2,(H,27,30). The Kier molecular flexibility index (Phi) is 5.29. The molecule has 0 radical (unpaired) electrons. The third-order valence-corrected chi connectivity index (χ3v) is 4.73. The lowest BCUT2D eigenvalue weighted by Gasteiger charge is -2.12. The van der Waals surface area contributed by atoms with E-state index in [1.165, 1.54) is 16.8 Å². The summed E-state index contributed by atoms with van der Waals surface area (Å²) in [6.07, 6.45) is -4.47. The number of hydrogen-bond donors (Lipinski definition) is 1. The Morgan fingerprint density at radius 1 is 0.871 bits per heavy atom. The van der Waals surface area contributed by atoms with E-state index in [9.17, 15) is 22.8 Å². The van der Waals surface area contributed by atoms with Gasteiger partial charge in [0.25, 0.3) is 11.5 Å². The fraction of sp³-hybridized carbons (Fsp3) is 0.0870. The number of fused-ring (bicyclic) bond motifs is 1. The van der Waals surface area contributed by atoms with Crippen LogP contribution in [0.5, 0.6) is 0 Å². The zero-order chi connectivity index (χ0) is 22.0. The van der Waals surface area contributed by atoms with Crippen LogP contribution in [0.3, 0.4) is 0 Å². The monoisotopic (exact) mass is 423 g/mol. The Bertz CT molecular complexity index is 1300. The molecule has 0 unspecified atom stereocenters. The quantitative estimate of drug-likeness (QED) is 0.517. The van der Waals surface area contributed by atoms with E-state index >= 15 is 0 Å². The second-order valence-electron chi connectivity index (χ2n) is 6.87.